The largest absolute Gasteiger partial charge is 0.493 e. The molecule has 2 aromatic carbocycles. The van der Waals surface area contributed by atoms with Crippen LogP contribution in [0, 0.1) is 0 Å². The Morgan fingerprint density at radius 2 is 1.70 bits per heavy atom. The third-order valence-corrected chi connectivity index (χ3v) is 3.63. The molecular weight excluding hydrogens is 296 g/mol. The number of furan rings is 1. The monoisotopic (exact) mass is 312 g/mol. The molecule has 118 valence electrons. The van der Waals surface area contributed by atoms with E-state index in [9.17, 15) is 4.79 Å². The lowest BCUT2D eigenvalue weighted by Crippen LogP contribution is -2.02. The van der Waals surface area contributed by atoms with Crippen LogP contribution in [-0.2, 0) is 4.74 Å². The molecule has 0 aliphatic rings. The highest BCUT2D eigenvalue weighted by atomic mass is 16.5. The van der Waals surface area contributed by atoms with E-state index in [1.54, 1.807) is 26.4 Å². The van der Waals surface area contributed by atoms with Gasteiger partial charge in [0, 0.05) is 10.9 Å². The minimum atomic E-state index is -0.445. The van der Waals surface area contributed by atoms with Crippen molar-refractivity contribution >= 4 is 16.9 Å². The molecule has 0 N–H and O–H groups in total. The topological polar surface area (TPSA) is 57.9 Å². The summed E-state index contributed by atoms with van der Waals surface area (Å²) in [6.07, 6.45) is 0. The smallest absolute Gasteiger partial charge is 0.342 e. The van der Waals surface area contributed by atoms with Gasteiger partial charge in [0.15, 0.2) is 11.5 Å². The average molecular weight is 312 g/mol. The van der Waals surface area contributed by atoms with Crippen LogP contribution in [0.25, 0.3) is 22.3 Å². The van der Waals surface area contributed by atoms with Crippen molar-refractivity contribution < 1.29 is 23.4 Å². The maximum Gasteiger partial charge on any atom is 0.342 e. The van der Waals surface area contributed by atoms with Crippen LogP contribution in [0.3, 0.4) is 0 Å². The summed E-state index contributed by atoms with van der Waals surface area (Å²) >= 11 is 0. The first kappa shape index (κ1) is 15.0. The van der Waals surface area contributed by atoms with Crippen LogP contribution >= 0.6 is 0 Å². The molecule has 0 aliphatic heterocycles. The van der Waals surface area contributed by atoms with E-state index in [2.05, 4.69) is 0 Å². The van der Waals surface area contributed by atoms with Gasteiger partial charge in [-0.2, -0.15) is 0 Å². The molecule has 0 unspecified atom stereocenters. The number of rotatable bonds is 4. The Labute approximate surface area is 133 Å². The van der Waals surface area contributed by atoms with Gasteiger partial charge in [-0.15, -0.1) is 0 Å². The van der Waals surface area contributed by atoms with Crippen LogP contribution in [0.2, 0.25) is 0 Å². The molecule has 23 heavy (non-hydrogen) atoms. The van der Waals surface area contributed by atoms with Gasteiger partial charge in [-0.3, -0.25) is 0 Å². The van der Waals surface area contributed by atoms with Crippen molar-refractivity contribution in [1.29, 1.82) is 0 Å². The lowest BCUT2D eigenvalue weighted by atomic mass is 10.1. The van der Waals surface area contributed by atoms with E-state index in [0.717, 1.165) is 0 Å². The van der Waals surface area contributed by atoms with E-state index in [4.69, 9.17) is 18.6 Å². The number of fused-ring (bicyclic) bond motifs is 1. The molecule has 1 heterocycles. The Morgan fingerprint density at radius 1 is 0.957 bits per heavy atom. The van der Waals surface area contributed by atoms with Gasteiger partial charge in [-0.05, 0) is 24.3 Å². The fraction of sp³-hybridized carbons (Fsp3) is 0.167. The fourth-order valence-electron chi connectivity index (χ4n) is 2.53. The summed E-state index contributed by atoms with van der Waals surface area (Å²) in [7, 11) is 4.47. The number of benzene rings is 2. The number of hydrogen-bond donors (Lipinski definition) is 0. The molecule has 3 aromatic rings. The summed E-state index contributed by atoms with van der Waals surface area (Å²) in [4.78, 5) is 12.2. The molecule has 0 atom stereocenters. The Bertz CT molecular complexity index is 863. The van der Waals surface area contributed by atoms with E-state index in [1.165, 1.54) is 7.11 Å². The van der Waals surface area contributed by atoms with Gasteiger partial charge in [-0.1, -0.05) is 18.2 Å². The standard InChI is InChI=1S/C18H16O5/c1-20-14-9-8-11(10-15(14)21-2)17-16(18(19)22-3)12-6-4-5-7-13(12)23-17/h4-10H,1-3H3. The normalized spacial score (nSPS) is 10.6. The quantitative estimate of drug-likeness (QED) is 0.684. The van der Waals surface area contributed by atoms with Gasteiger partial charge >= 0.3 is 5.97 Å². The van der Waals surface area contributed by atoms with E-state index in [0.29, 0.717) is 39.4 Å². The minimum absolute atomic E-state index is 0.398. The number of methoxy groups -OCH3 is 3. The molecule has 3 rings (SSSR count). The zero-order chi connectivity index (χ0) is 16.4. The van der Waals surface area contributed by atoms with Crippen LogP contribution < -0.4 is 9.47 Å². The number of hydrogen-bond acceptors (Lipinski definition) is 5. The summed E-state index contributed by atoms with van der Waals surface area (Å²) in [5.74, 6) is 1.16. The van der Waals surface area contributed by atoms with E-state index < -0.39 is 5.97 Å². The predicted octanol–water partition coefficient (Wildman–Crippen LogP) is 3.90. The van der Waals surface area contributed by atoms with Gasteiger partial charge in [0.1, 0.15) is 16.9 Å². The summed E-state index contributed by atoms with van der Waals surface area (Å²) in [5, 5.41) is 0.712. The van der Waals surface area contributed by atoms with Crippen LogP contribution in [0.4, 0.5) is 0 Å². The highest BCUT2D eigenvalue weighted by Crippen LogP contribution is 2.38. The second-order valence-electron chi connectivity index (χ2n) is 4.86. The van der Waals surface area contributed by atoms with Crippen molar-refractivity contribution in [1.82, 2.24) is 0 Å². The number of para-hydroxylation sites is 1. The van der Waals surface area contributed by atoms with E-state index in [1.807, 2.05) is 30.3 Å². The highest BCUT2D eigenvalue weighted by Gasteiger charge is 2.23. The molecule has 0 bridgehead atoms. The Hall–Kier alpha value is -2.95. The van der Waals surface area contributed by atoms with E-state index >= 15 is 0 Å². The van der Waals surface area contributed by atoms with Crippen molar-refractivity contribution in [3.05, 3.63) is 48.0 Å². The Balaban J connectivity index is 2.25. The molecule has 0 aliphatic carbocycles. The van der Waals surface area contributed by atoms with E-state index in [-0.39, 0.29) is 0 Å². The SMILES string of the molecule is COC(=O)c1c(-c2ccc(OC)c(OC)c2)oc2ccccc12. The van der Waals surface area contributed by atoms with Gasteiger partial charge in [0.2, 0.25) is 0 Å². The summed E-state index contributed by atoms with van der Waals surface area (Å²) in [6.45, 7) is 0. The summed E-state index contributed by atoms with van der Waals surface area (Å²) < 4.78 is 21.3. The molecule has 0 fully saturated rings. The van der Waals surface area contributed by atoms with Crippen molar-refractivity contribution in [2.45, 2.75) is 0 Å². The first-order valence-corrected chi connectivity index (χ1v) is 7.01. The highest BCUT2D eigenvalue weighted by molar-refractivity contribution is 6.08. The molecule has 0 saturated heterocycles. The zero-order valence-electron chi connectivity index (χ0n) is 13.1. The Morgan fingerprint density at radius 3 is 2.39 bits per heavy atom. The lowest BCUT2D eigenvalue weighted by molar-refractivity contribution is 0.0603. The van der Waals surface area contributed by atoms with Crippen molar-refractivity contribution in [2.24, 2.45) is 0 Å². The second kappa shape index (κ2) is 6.04. The molecule has 0 spiro atoms. The average Bonchev–Trinajstić information content (AvgIpc) is 2.99. The molecule has 1 aromatic heterocycles. The summed E-state index contributed by atoms with van der Waals surface area (Å²) in [6, 6.07) is 12.7. The molecule has 0 saturated carbocycles. The lowest BCUT2D eigenvalue weighted by Gasteiger charge is -2.09. The maximum absolute atomic E-state index is 12.2. The number of esters is 1. The van der Waals surface area contributed by atoms with Gasteiger partial charge in [0.25, 0.3) is 0 Å². The maximum atomic E-state index is 12.2. The third kappa shape index (κ3) is 2.50. The third-order valence-electron chi connectivity index (χ3n) is 3.63. The van der Waals surface area contributed by atoms with Crippen LogP contribution in [0.1, 0.15) is 10.4 Å². The molecule has 5 nitrogen and oxygen atoms in total. The number of carbonyl (C=O) groups excluding carboxylic acids is 1. The molecule has 5 heteroatoms. The van der Waals surface area contributed by atoms with Crippen LogP contribution in [0.5, 0.6) is 11.5 Å². The van der Waals surface area contributed by atoms with Crippen molar-refractivity contribution in [3.63, 3.8) is 0 Å². The molecule has 0 radical (unpaired) electrons. The van der Waals surface area contributed by atoms with Crippen LogP contribution in [0.15, 0.2) is 46.9 Å². The first-order valence-electron chi connectivity index (χ1n) is 7.01. The first-order chi connectivity index (χ1) is 11.2. The van der Waals surface area contributed by atoms with Crippen molar-refractivity contribution in [2.75, 3.05) is 21.3 Å². The minimum Gasteiger partial charge on any atom is -0.493 e. The van der Waals surface area contributed by atoms with Crippen molar-refractivity contribution in [3.8, 4) is 22.8 Å². The molecular formula is C18H16O5. The van der Waals surface area contributed by atoms with Gasteiger partial charge in [0.05, 0.1) is 21.3 Å². The zero-order valence-corrected chi connectivity index (χ0v) is 13.1. The van der Waals surface area contributed by atoms with Gasteiger partial charge < -0.3 is 18.6 Å². The predicted molar refractivity (Wildman–Crippen MR) is 86.1 cm³/mol. The fourth-order valence-corrected chi connectivity index (χ4v) is 2.53. The second-order valence-corrected chi connectivity index (χ2v) is 4.86. The molecule has 0 amide bonds. The Kier molecular flexibility index (Phi) is 3.93. The van der Waals surface area contributed by atoms with Crippen LogP contribution in [-0.4, -0.2) is 27.3 Å². The summed E-state index contributed by atoms with van der Waals surface area (Å²) in [5.41, 5.74) is 1.73. The number of ether oxygens (including phenoxy) is 3. The van der Waals surface area contributed by atoms with Gasteiger partial charge in [-0.25, -0.2) is 4.79 Å². The number of carbonyl (C=O) groups is 1.